The molecule has 0 unspecified atom stereocenters. The standard InChI is InChI=1S/C50H30N4O/c1-3-16-31(17-4-1)46-35-22-7-11-26-39(35)51-50(52-46)32-18-15-21-34(30-32)54-40-27-12-8-23-36(40)43-47-44(49-45(48(43)54)38-25-10-14-29-42(38)55-49)37-24-9-13-28-41(37)53(47)33-19-5-2-6-20-33/h1-30H. The van der Waals surface area contributed by atoms with E-state index in [2.05, 4.69) is 179 Å². The van der Waals surface area contributed by atoms with Crippen molar-refractivity contribution in [3.63, 3.8) is 0 Å². The molecule has 0 saturated carbocycles. The van der Waals surface area contributed by atoms with Gasteiger partial charge in [-0.05, 0) is 48.5 Å². The molecule has 55 heavy (non-hydrogen) atoms. The van der Waals surface area contributed by atoms with Gasteiger partial charge >= 0.3 is 0 Å². The average Bonchev–Trinajstić information content (AvgIpc) is 3.92. The van der Waals surface area contributed by atoms with E-state index < -0.39 is 0 Å². The van der Waals surface area contributed by atoms with Crippen LogP contribution in [0.2, 0.25) is 0 Å². The van der Waals surface area contributed by atoms with Crippen LogP contribution in [0.1, 0.15) is 0 Å². The molecule has 5 nitrogen and oxygen atoms in total. The van der Waals surface area contributed by atoms with E-state index in [-0.39, 0.29) is 0 Å². The van der Waals surface area contributed by atoms with Crippen molar-refractivity contribution in [2.75, 3.05) is 0 Å². The van der Waals surface area contributed by atoms with E-state index in [9.17, 15) is 0 Å². The highest BCUT2D eigenvalue weighted by Gasteiger charge is 2.27. The van der Waals surface area contributed by atoms with Crippen LogP contribution in [-0.4, -0.2) is 19.1 Å². The SMILES string of the molecule is c1ccc(-c2nc(-c3cccc(-n4c5ccccc5c5c6c(c7ccccc7n6-c6ccccc6)c6oc7ccccc7c6c54)c3)nc3ccccc23)cc1. The molecule has 0 spiro atoms. The maximum absolute atomic E-state index is 6.96. The quantitative estimate of drug-likeness (QED) is 0.183. The van der Waals surface area contributed by atoms with E-state index in [1.165, 1.54) is 10.8 Å². The van der Waals surface area contributed by atoms with Gasteiger partial charge in [-0.3, -0.25) is 0 Å². The van der Waals surface area contributed by atoms with Crippen LogP contribution in [0.3, 0.4) is 0 Å². The third-order valence-corrected chi connectivity index (χ3v) is 11.1. The van der Waals surface area contributed by atoms with E-state index in [1.807, 2.05) is 12.1 Å². The summed E-state index contributed by atoms with van der Waals surface area (Å²) in [7, 11) is 0. The molecule has 0 N–H and O–H groups in total. The van der Waals surface area contributed by atoms with Crippen molar-refractivity contribution in [3.8, 4) is 34.0 Å². The van der Waals surface area contributed by atoms with Crippen LogP contribution in [-0.2, 0) is 0 Å². The smallest absolute Gasteiger partial charge is 0.160 e. The molecular weight excluding hydrogens is 673 g/mol. The fraction of sp³-hybridized carbons (Fsp3) is 0. The molecule has 12 rings (SSSR count). The molecule has 0 aliphatic rings. The highest BCUT2D eigenvalue weighted by Crippen LogP contribution is 2.49. The monoisotopic (exact) mass is 702 g/mol. The number of nitrogens with zero attached hydrogens (tertiary/aromatic N) is 4. The fourth-order valence-corrected chi connectivity index (χ4v) is 8.80. The van der Waals surface area contributed by atoms with Gasteiger partial charge in [0.05, 0.1) is 44.0 Å². The van der Waals surface area contributed by atoms with Crippen molar-refractivity contribution in [2.45, 2.75) is 0 Å². The van der Waals surface area contributed by atoms with Crippen molar-refractivity contribution >= 4 is 76.5 Å². The van der Waals surface area contributed by atoms with Gasteiger partial charge in [0.25, 0.3) is 0 Å². The van der Waals surface area contributed by atoms with Gasteiger partial charge in [0, 0.05) is 49.4 Å². The van der Waals surface area contributed by atoms with Crippen molar-refractivity contribution < 1.29 is 4.42 Å². The van der Waals surface area contributed by atoms with Gasteiger partial charge in [-0.15, -0.1) is 0 Å². The van der Waals surface area contributed by atoms with Crippen LogP contribution >= 0.6 is 0 Å². The lowest BCUT2D eigenvalue weighted by Crippen LogP contribution is -1.98. The Bertz CT molecular complexity index is 3480. The Hall–Kier alpha value is -7.50. The summed E-state index contributed by atoms with van der Waals surface area (Å²) in [5.74, 6) is 0.686. The Morgan fingerprint density at radius 1 is 0.400 bits per heavy atom. The molecule has 0 aliphatic carbocycles. The molecule has 8 aromatic carbocycles. The summed E-state index contributed by atoms with van der Waals surface area (Å²) in [4.78, 5) is 10.4. The highest BCUT2D eigenvalue weighted by molar-refractivity contribution is 6.39. The van der Waals surface area contributed by atoms with E-state index in [0.717, 1.165) is 93.9 Å². The number of benzene rings is 8. The minimum Gasteiger partial charge on any atom is -0.455 e. The third-order valence-electron chi connectivity index (χ3n) is 11.1. The van der Waals surface area contributed by atoms with E-state index in [4.69, 9.17) is 14.4 Å². The molecule has 5 heteroatoms. The number of aromatic nitrogens is 4. The Morgan fingerprint density at radius 2 is 0.945 bits per heavy atom. The van der Waals surface area contributed by atoms with Crippen LogP contribution in [0.4, 0.5) is 0 Å². The van der Waals surface area contributed by atoms with Gasteiger partial charge in [-0.25, -0.2) is 9.97 Å². The minimum absolute atomic E-state index is 0.686. The van der Waals surface area contributed by atoms with Crippen molar-refractivity contribution in [3.05, 3.63) is 182 Å². The van der Waals surface area contributed by atoms with Gasteiger partial charge in [0.2, 0.25) is 0 Å². The van der Waals surface area contributed by atoms with Crippen LogP contribution < -0.4 is 0 Å². The van der Waals surface area contributed by atoms with Crippen LogP contribution in [0, 0.1) is 0 Å². The summed E-state index contributed by atoms with van der Waals surface area (Å²) in [5, 5.41) is 7.86. The maximum atomic E-state index is 6.96. The first kappa shape index (κ1) is 30.0. The third kappa shape index (κ3) is 4.29. The molecule has 0 saturated heterocycles. The summed E-state index contributed by atoms with van der Waals surface area (Å²) in [5.41, 5.74) is 12.2. The predicted molar refractivity (Wildman–Crippen MR) is 226 cm³/mol. The number of furan rings is 1. The molecule has 0 bridgehead atoms. The molecule has 4 aromatic heterocycles. The molecule has 0 amide bonds. The lowest BCUT2D eigenvalue weighted by Gasteiger charge is -2.13. The fourth-order valence-electron chi connectivity index (χ4n) is 8.80. The lowest BCUT2D eigenvalue weighted by atomic mass is 10.0. The van der Waals surface area contributed by atoms with Gasteiger partial charge < -0.3 is 13.6 Å². The Morgan fingerprint density at radius 3 is 1.71 bits per heavy atom. The van der Waals surface area contributed by atoms with Crippen molar-refractivity contribution in [2.24, 2.45) is 0 Å². The summed E-state index contributed by atoms with van der Waals surface area (Å²) in [6, 6.07) is 63.9. The molecule has 0 radical (unpaired) electrons. The summed E-state index contributed by atoms with van der Waals surface area (Å²) >= 11 is 0. The number of fused-ring (bicyclic) bond motifs is 13. The predicted octanol–water partition coefficient (Wildman–Crippen LogP) is 13.1. The number of hydrogen-bond donors (Lipinski definition) is 0. The topological polar surface area (TPSA) is 48.8 Å². The zero-order valence-corrected chi connectivity index (χ0v) is 29.5. The first-order valence-corrected chi connectivity index (χ1v) is 18.6. The summed E-state index contributed by atoms with van der Waals surface area (Å²) in [6.45, 7) is 0. The second-order valence-corrected chi connectivity index (χ2v) is 14.1. The van der Waals surface area contributed by atoms with Crippen molar-refractivity contribution in [1.82, 2.24) is 19.1 Å². The van der Waals surface area contributed by atoms with Gasteiger partial charge in [-0.2, -0.15) is 0 Å². The van der Waals surface area contributed by atoms with Gasteiger partial charge in [-0.1, -0.05) is 133 Å². The van der Waals surface area contributed by atoms with Crippen LogP contribution in [0.5, 0.6) is 0 Å². The molecule has 12 aromatic rings. The highest BCUT2D eigenvalue weighted by atomic mass is 16.3. The second kappa shape index (κ2) is 11.5. The van der Waals surface area contributed by atoms with Crippen LogP contribution in [0.25, 0.3) is 110 Å². The maximum Gasteiger partial charge on any atom is 0.160 e. The molecule has 4 heterocycles. The second-order valence-electron chi connectivity index (χ2n) is 14.1. The Balaban J connectivity index is 1.24. The normalized spacial score (nSPS) is 12.0. The lowest BCUT2D eigenvalue weighted by molar-refractivity contribution is 0.673. The van der Waals surface area contributed by atoms with Crippen molar-refractivity contribution in [1.29, 1.82) is 0 Å². The summed E-state index contributed by atoms with van der Waals surface area (Å²) in [6.07, 6.45) is 0. The van der Waals surface area contributed by atoms with E-state index in [0.29, 0.717) is 5.82 Å². The number of hydrogen-bond acceptors (Lipinski definition) is 3. The van der Waals surface area contributed by atoms with E-state index in [1.54, 1.807) is 0 Å². The zero-order valence-electron chi connectivity index (χ0n) is 29.5. The number of para-hydroxylation sites is 5. The molecule has 0 fully saturated rings. The first-order valence-electron chi connectivity index (χ1n) is 18.6. The Kier molecular flexibility index (Phi) is 6.27. The molecule has 0 atom stereocenters. The summed E-state index contributed by atoms with van der Waals surface area (Å²) < 4.78 is 11.8. The van der Waals surface area contributed by atoms with Gasteiger partial charge in [0.1, 0.15) is 11.2 Å². The van der Waals surface area contributed by atoms with Gasteiger partial charge in [0.15, 0.2) is 5.82 Å². The largest absolute Gasteiger partial charge is 0.455 e. The van der Waals surface area contributed by atoms with E-state index >= 15 is 0 Å². The first-order chi connectivity index (χ1) is 27.3. The Labute approximate surface area is 315 Å². The van der Waals surface area contributed by atoms with Crippen LogP contribution in [0.15, 0.2) is 186 Å². The molecular formula is C50H30N4O. The molecule has 256 valence electrons. The number of rotatable bonds is 4. The zero-order chi connectivity index (χ0) is 36.0. The minimum atomic E-state index is 0.686. The average molecular weight is 703 g/mol. The molecule has 0 aliphatic heterocycles.